The standard InChI is InChI=1S/C14H24N4O2/c1-11-9-13(17-20-11)16-14(19)6-8-18(2)10-12-5-3-4-7-15-12/h9,12,15H,3-8,10H2,1-2H3,(H,16,17,19). The summed E-state index contributed by atoms with van der Waals surface area (Å²) in [6.07, 6.45) is 4.28. The number of carbonyl (C=O) groups is 1. The molecule has 0 bridgehead atoms. The van der Waals surface area contributed by atoms with Crippen LogP contribution < -0.4 is 10.6 Å². The normalized spacial score (nSPS) is 19.2. The van der Waals surface area contributed by atoms with Crippen LogP contribution in [0.4, 0.5) is 5.82 Å². The van der Waals surface area contributed by atoms with E-state index in [9.17, 15) is 4.79 Å². The maximum absolute atomic E-state index is 11.8. The Balaban J connectivity index is 1.64. The topological polar surface area (TPSA) is 70.4 Å². The van der Waals surface area contributed by atoms with E-state index < -0.39 is 0 Å². The highest BCUT2D eigenvalue weighted by Gasteiger charge is 2.15. The van der Waals surface area contributed by atoms with Crippen molar-refractivity contribution in [2.75, 3.05) is 32.0 Å². The molecule has 0 saturated carbocycles. The first-order chi connectivity index (χ1) is 9.63. The van der Waals surface area contributed by atoms with Crippen LogP contribution in [0.5, 0.6) is 0 Å². The second kappa shape index (κ2) is 7.40. The highest BCUT2D eigenvalue weighted by atomic mass is 16.5. The number of aryl methyl sites for hydroxylation is 1. The van der Waals surface area contributed by atoms with Gasteiger partial charge in [-0.3, -0.25) is 4.79 Å². The van der Waals surface area contributed by atoms with Gasteiger partial charge < -0.3 is 20.1 Å². The molecule has 0 radical (unpaired) electrons. The van der Waals surface area contributed by atoms with Gasteiger partial charge in [-0.25, -0.2) is 0 Å². The number of piperidine rings is 1. The quantitative estimate of drug-likeness (QED) is 0.824. The molecule has 1 aromatic rings. The van der Waals surface area contributed by atoms with Gasteiger partial charge in [0, 0.05) is 31.6 Å². The smallest absolute Gasteiger partial charge is 0.226 e. The average Bonchev–Trinajstić information content (AvgIpc) is 2.83. The summed E-state index contributed by atoms with van der Waals surface area (Å²) in [4.78, 5) is 14.0. The van der Waals surface area contributed by atoms with Crippen LogP contribution in [0, 0.1) is 6.92 Å². The van der Waals surface area contributed by atoms with Crippen molar-refractivity contribution in [2.24, 2.45) is 0 Å². The van der Waals surface area contributed by atoms with E-state index in [0.29, 0.717) is 24.0 Å². The number of likely N-dealkylation sites (N-methyl/N-ethyl adjacent to an activating group) is 1. The number of amides is 1. The molecule has 0 spiro atoms. The number of hydrogen-bond donors (Lipinski definition) is 2. The number of carbonyl (C=O) groups excluding carboxylic acids is 1. The molecule has 112 valence electrons. The van der Waals surface area contributed by atoms with Gasteiger partial charge in [-0.1, -0.05) is 11.6 Å². The van der Waals surface area contributed by atoms with E-state index in [4.69, 9.17) is 4.52 Å². The Labute approximate surface area is 119 Å². The Morgan fingerprint density at radius 3 is 3.10 bits per heavy atom. The molecule has 0 aliphatic carbocycles. The van der Waals surface area contributed by atoms with Crippen LogP contribution in [-0.4, -0.2) is 48.7 Å². The molecule has 1 atom stereocenters. The van der Waals surface area contributed by atoms with E-state index in [0.717, 1.165) is 19.6 Å². The Morgan fingerprint density at radius 2 is 2.45 bits per heavy atom. The second-order valence-electron chi connectivity index (χ2n) is 5.53. The lowest BCUT2D eigenvalue weighted by molar-refractivity contribution is -0.116. The van der Waals surface area contributed by atoms with Crippen molar-refractivity contribution in [1.29, 1.82) is 0 Å². The highest BCUT2D eigenvalue weighted by Crippen LogP contribution is 2.09. The summed E-state index contributed by atoms with van der Waals surface area (Å²) in [5, 5.41) is 10.00. The molecular weight excluding hydrogens is 256 g/mol. The van der Waals surface area contributed by atoms with Gasteiger partial charge in [0.05, 0.1) is 0 Å². The Morgan fingerprint density at radius 1 is 1.60 bits per heavy atom. The van der Waals surface area contributed by atoms with Gasteiger partial charge in [0.25, 0.3) is 0 Å². The van der Waals surface area contributed by atoms with Crippen molar-refractivity contribution in [3.8, 4) is 0 Å². The zero-order valence-electron chi connectivity index (χ0n) is 12.3. The SMILES string of the molecule is Cc1cc(NC(=O)CCN(C)CC2CCCCN2)no1. The lowest BCUT2D eigenvalue weighted by Gasteiger charge is -2.28. The van der Waals surface area contributed by atoms with Gasteiger partial charge in [0.15, 0.2) is 5.82 Å². The van der Waals surface area contributed by atoms with Crippen LogP contribution in [0.3, 0.4) is 0 Å². The molecule has 1 fully saturated rings. The van der Waals surface area contributed by atoms with Gasteiger partial charge in [0.2, 0.25) is 5.91 Å². The van der Waals surface area contributed by atoms with Crippen molar-refractivity contribution in [1.82, 2.24) is 15.4 Å². The van der Waals surface area contributed by atoms with Crippen molar-refractivity contribution in [2.45, 2.75) is 38.6 Å². The third-order valence-corrected chi connectivity index (χ3v) is 3.56. The summed E-state index contributed by atoms with van der Waals surface area (Å²) >= 11 is 0. The van der Waals surface area contributed by atoms with Crippen LogP contribution in [0.1, 0.15) is 31.4 Å². The van der Waals surface area contributed by atoms with Crippen LogP contribution >= 0.6 is 0 Å². The van der Waals surface area contributed by atoms with Crippen LogP contribution in [-0.2, 0) is 4.79 Å². The van der Waals surface area contributed by atoms with E-state index in [1.165, 1.54) is 19.3 Å². The molecule has 1 aliphatic rings. The predicted octanol–water partition coefficient (Wildman–Crippen LogP) is 1.39. The molecule has 2 N–H and O–H groups in total. The minimum absolute atomic E-state index is 0.0262. The first kappa shape index (κ1) is 15.0. The maximum Gasteiger partial charge on any atom is 0.226 e. The summed E-state index contributed by atoms with van der Waals surface area (Å²) in [5.74, 6) is 1.16. The molecular formula is C14H24N4O2. The number of anilines is 1. The molecule has 1 amide bonds. The predicted molar refractivity (Wildman–Crippen MR) is 77.6 cm³/mol. The minimum atomic E-state index is -0.0262. The molecule has 2 heterocycles. The summed E-state index contributed by atoms with van der Waals surface area (Å²) in [5.41, 5.74) is 0. The molecule has 2 rings (SSSR count). The van der Waals surface area contributed by atoms with Crippen molar-refractivity contribution in [3.63, 3.8) is 0 Å². The van der Waals surface area contributed by atoms with Crippen molar-refractivity contribution in [3.05, 3.63) is 11.8 Å². The lowest BCUT2D eigenvalue weighted by Crippen LogP contribution is -2.43. The molecule has 20 heavy (non-hydrogen) atoms. The number of aromatic nitrogens is 1. The van der Waals surface area contributed by atoms with Gasteiger partial charge in [0.1, 0.15) is 5.76 Å². The average molecular weight is 280 g/mol. The molecule has 1 aromatic heterocycles. The third kappa shape index (κ3) is 4.94. The summed E-state index contributed by atoms with van der Waals surface area (Å²) in [7, 11) is 2.06. The number of hydrogen-bond acceptors (Lipinski definition) is 5. The molecule has 6 nitrogen and oxygen atoms in total. The first-order valence-corrected chi connectivity index (χ1v) is 7.28. The number of rotatable bonds is 6. The van der Waals surface area contributed by atoms with Crippen molar-refractivity contribution >= 4 is 11.7 Å². The van der Waals surface area contributed by atoms with E-state index in [2.05, 4.69) is 27.7 Å². The minimum Gasteiger partial charge on any atom is -0.360 e. The van der Waals surface area contributed by atoms with Crippen LogP contribution in [0.2, 0.25) is 0 Å². The fourth-order valence-electron chi connectivity index (χ4n) is 2.47. The lowest BCUT2D eigenvalue weighted by atomic mass is 10.0. The van der Waals surface area contributed by atoms with Crippen LogP contribution in [0.25, 0.3) is 0 Å². The summed E-state index contributed by atoms with van der Waals surface area (Å²) < 4.78 is 4.91. The molecule has 6 heteroatoms. The monoisotopic (exact) mass is 280 g/mol. The second-order valence-corrected chi connectivity index (χ2v) is 5.53. The largest absolute Gasteiger partial charge is 0.360 e. The highest BCUT2D eigenvalue weighted by molar-refractivity contribution is 5.89. The summed E-state index contributed by atoms with van der Waals surface area (Å²) in [6, 6.07) is 2.28. The van der Waals surface area contributed by atoms with Crippen molar-refractivity contribution < 1.29 is 9.32 Å². The van der Waals surface area contributed by atoms with Gasteiger partial charge >= 0.3 is 0 Å². The Hall–Kier alpha value is -1.40. The molecule has 1 saturated heterocycles. The zero-order valence-corrected chi connectivity index (χ0v) is 12.3. The van der Waals surface area contributed by atoms with E-state index >= 15 is 0 Å². The Bertz CT molecular complexity index is 427. The Kier molecular flexibility index (Phi) is 5.55. The van der Waals surface area contributed by atoms with Crippen LogP contribution in [0.15, 0.2) is 10.6 Å². The third-order valence-electron chi connectivity index (χ3n) is 3.56. The van der Waals surface area contributed by atoms with Gasteiger partial charge in [-0.2, -0.15) is 0 Å². The molecule has 1 unspecified atom stereocenters. The number of nitrogens with zero attached hydrogens (tertiary/aromatic N) is 2. The zero-order chi connectivity index (χ0) is 14.4. The maximum atomic E-state index is 11.8. The van der Waals surface area contributed by atoms with E-state index in [1.807, 2.05) is 0 Å². The number of nitrogens with one attached hydrogen (secondary N) is 2. The first-order valence-electron chi connectivity index (χ1n) is 7.28. The molecule has 1 aliphatic heterocycles. The fraction of sp³-hybridized carbons (Fsp3) is 0.714. The molecule has 0 aromatic carbocycles. The van der Waals surface area contributed by atoms with E-state index in [-0.39, 0.29) is 5.91 Å². The fourth-order valence-corrected chi connectivity index (χ4v) is 2.47. The van der Waals surface area contributed by atoms with Gasteiger partial charge in [-0.15, -0.1) is 0 Å². The van der Waals surface area contributed by atoms with E-state index in [1.54, 1.807) is 13.0 Å². The summed E-state index contributed by atoms with van der Waals surface area (Å²) in [6.45, 7) is 4.66. The van der Waals surface area contributed by atoms with Gasteiger partial charge in [-0.05, 0) is 33.4 Å².